The Hall–Kier alpha value is -2.88. The maximum Gasteiger partial charge on any atom is 0.328 e. The molecule has 1 N–H and O–H groups in total. The zero-order chi connectivity index (χ0) is 18.0. The van der Waals surface area contributed by atoms with Crippen LogP contribution in [0.1, 0.15) is 12.5 Å². The highest BCUT2D eigenvalue weighted by atomic mass is 32.2. The van der Waals surface area contributed by atoms with Crippen molar-refractivity contribution in [2.24, 2.45) is 0 Å². The molecule has 10 heteroatoms. The molecule has 0 unspecified atom stereocenters. The van der Waals surface area contributed by atoms with Crippen LogP contribution in [0.15, 0.2) is 23.1 Å². The molecule has 2 rings (SSSR count). The number of rotatable bonds is 4. The Balaban J connectivity index is 2.37. The lowest BCUT2D eigenvalue weighted by Crippen LogP contribution is -2.42. The van der Waals surface area contributed by atoms with Gasteiger partial charge in [-0.25, -0.2) is 4.79 Å². The molecule has 1 saturated heterocycles. The van der Waals surface area contributed by atoms with Gasteiger partial charge in [0.1, 0.15) is 11.8 Å². The van der Waals surface area contributed by atoms with Gasteiger partial charge < -0.3 is 9.84 Å². The first-order valence-electron chi connectivity index (χ1n) is 6.58. The van der Waals surface area contributed by atoms with Gasteiger partial charge >= 0.3 is 5.97 Å². The summed E-state index contributed by atoms with van der Waals surface area (Å²) in [5.41, 5.74) is -0.262. The van der Waals surface area contributed by atoms with Crippen molar-refractivity contribution in [2.45, 2.75) is 13.0 Å². The van der Waals surface area contributed by atoms with Crippen LogP contribution in [0.3, 0.4) is 0 Å². The van der Waals surface area contributed by atoms with Gasteiger partial charge in [0.05, 0.1) is 16.9 Å². The molecule has 1 heterocycles. The molecule has 0 aromatic heterocycles. The average Bonchev–Trinajstić information content (AvgIpc) is 2.81. The lowest BCUT2D eigenvalue weighted by atomic mass is 10.1. The van der Waals surface area contributed by atoms with Crippen molar-refractivity contribution in [3.05, 3.63) is 38.8 Å². The summed E-state index contributed by atoms with van der Waals surface area (Å²) in [5.74, 6) is -1.78. The van der Waals surface area contributed by atoms with Crippen LogP contribution in [-0.2, 0) is 14.3 Å². The number of esters is 1. The van der Waals surface area contributed by atoms with Gasteiger partial charge in [-0.05, 0) is 30.8 Å². The van der Waals surface area contributed by atoms with E-state index in [4.69, 9.17) is 0 Å². The number of phenols is 1. The maximum atomic E-state index is 12.3. The third-order valence-electron chi connectivity index (χ3n) is 3.26. The van der Waals surface area contributed by atoms with E-state index in [2.05, 4.69) is 4.74 Å². The second-order valence-corrected chi connectivity index (χ2v) is 5.74. The van der Waals surface area contributed by atoms with Gasteiger partial charge in [-0.3, -0.25) is 24.6 Å². The average molecular weight is 352 g/mol. The lowest BCUT2D eigenvalue weighted by Gasteiger charge is -2.18. The Morgan fingerprint density at radius 2 is 2.12 bits per heavy atom. The number of carbonyl (C=O) groups is 3. The van der Waals surface area contributed by atoms with Gasteiger partial charge in [0, 0.05) is 17.7 Å². The molecule has 1 aromatic carbocycles. The van der Waals surface area contributed by atoms with Gasteiger partial charge in [-0.1, -0.05) is 0 Å². The SMILES string of the molecule is COC(=O)[C@H](C)N1C(=O)S/C(=C/c2cc([N+](=O)[O-])ccc2O)C1=O. The summed E-state index contributed by atoms with van der Waals surface area (Å²) < 4.78 is 4.51. The first kappa shape index (κ1) is 17.5. The smallest absolute Gasteiger partial charge is 0.328 e. The van der Waals surface area contributed by atoms with E-state index in [0.29, 0.717) is 11.8 Å². The van der Waals surface area contributed by atoms with E-state index in [1.807, 2.05) is 0 Å². The summed E-state index contributed by atoms with van der Waals surface area (Å²) in [6.45, 7) is 1.34. The van der Waals surface area contributed by atoms with Crippen molar-refractivity contribution in [1.82, 2.24) is 4.90 Å². The second-order valence-electron chi connectivity index (χ2n) is 4.75. The first-order valence-corrected chi connectivity index (χ1v) is 7.40. The summed E-state index contributed by atoms with van der Waals surface area (Å²) in [6.07, 6.45) is 1.16. The molecule has 1 aliphatic heterocycles. The molecule has 1 aliphatic rings. The van der Waals surface area contributed by atoms with Crippen LogP contribution in [0.25, 0.3) is 6.08 Å². The second kappa shape index (κ2) is 6.71. The molecular formula is C14H12N2O7S. The molecule has 0 saturated carbocycles. The fourth-order valence-electron chi connectivity index (χ4n) is 2.00. The van der Waals surface area contributed by atoms with Crippen LogP contribution in [0, 0.1) is 10.1 Å². The van der Waals surface area contributed by atoms with Crippen LogP contribution < -0.4 is 0 Å². The molecule has 1 atom stereocenters. The van der Waals surface area contributed by atoms with E-state index < -0.39 is 28.1 Å². The van der Waals surface area contributed by atoms with Crippen LogP contribution in [0.4, 0.5) is 10.5 Å². The standard InChI is InChI=1S/C14H12N2O7S/c1-7(13(19)23-2)15-12(18)11(24-14(15)20)6-8-5-9(16(21)22)3-4-10(8)17/h3-7,17H,1-2H3/b11-6+/t7-/m0/s1. The van der Waals surface area contributed by atoms with E-state index >= 15 is 0 Å². The molecule has 1 aromatic rings. The fraction of sp³-hybridized carbons (Fsp3) is 0.214. The molecule has 0 radical (unpaired) electrons. The number of non-ortho nitro benzene ring substituents is 1. The number of hydrogen-bond donors (Lipinski definition) is 1. The number of benzene rings is 1. The largest absolute Gasteiger partial charge is 0.507 e. The monoisotopic (exact) mass is 352 g/mol. The first-order chi connectivity index (χ1) is 11.3. The highest BCUT2D eigenvalue weighted by molar-refractivity contribution is 8.18. The lowest BCUT2D eigenvalue weighted by molar-refractivity contribution is -0.384. The third kappa shape index (κ3) is 3.23. The number of amides is 2. The number of nitro groups is 1. The number of ether oxygens (including phenoxy) is 1. The normalized spacial score (nSPS) is 17.2. The number of hydrogen-bond acceptors (Lipinski definition) is 8. The quantitative estimate of drug-likeness (QED) is 0.377. The maximum absolute atomic E-state index is 12.3. The van der Waals surface area contributed by atoms with Gasteiger partial charge in [0.2, 0.25) is 0 Å². The third-order valence-corrected chi connectivity index (χ3v) is 4.15. The molecule has 126 valence electrons. The summed E-state index contributed by atoms with van der Waals surface area (Å²) >= 11 is 0.566. The molecule has 0 bridgehead atoms. The highest BCUT2D eigenvalue weighted by Gasteiger charge is 2.41. The minimum absolute atomic E-state index is 0.0143. The van der Waals surface area contributed by atoms with Gasteiger partial charge in [-0.15, -0.1) is 0 Å². The van der Waals surface area contributed by atoms with Crippen LogP contribution >= 0.6 is 11.8 Å². The Kier molecular flexibility index (Phi) is 4.88. The number of thioether (sulfide) groups is 1. The van der Waals surface area contributed by atoms with E-state index in [1.54, 1.807) is 0 Å². The molecule has 0 spiro atoms. The zero-order valence-electron chi connectivity index (χ0n) is 12.6. The zero-order valence-corrected chi connectivity index (χ0v) is 13.4. The van der Waals surface area contributed by atoms with Gasteiger partial charge in [-0.2, -0.15) is 0 Å². The summed E-state index contributed by atoms with van der Waals surface area (Å²) in [6, 6.07) is 2.20. The van der Waals surface area contributed by atoms with E-state index in [9.17, 15) is 29.6 Å². The van der Waals surface area contributed by atoms with Crippen molar-refractivity contribution in [3.8, 4) is 5.75 Å². The van der Waals surface area contributed by atoms with Gasteiger partial charge in [0.25, 0.3) is 16.8 Å². The number of aromatic hydroxyl groups is 1. The summed E-state index contributed by atoms with van der Waals surface area (Å²) in [7, 11) is 1.13. The van der Waals surface area contributed by atoms with Crippen LogP contribution in [0.5, 0.6) is 5.75 Å². The topological polar surface area (TPSA) is 127 Å². The minimum atomic E-state index is -1.10. The number of imide groups is 1. The Morgan fingerprint density at radius 3 is 2.71 bits per heavy atom. The summed E-state index contributed by atoms with van der Waals surface area (Å²) in [4.78, 5) is 46.6. The minimum Gasteiger partial charge on any atom is -0.507 e. The number of methoxy groups -OCH3 is 1. The van der Waals surface area contributed by atoms with Crippen LogP contribution in [0.2, 0.25) is 0 Å². The van der Waals surface area contributed by atoms with Crippen LogP contribution in [-0.4, -0.2) is 45.2 Å². The molecule has 24 heavy (non-hydrogen) atoms. The van der Waals surface area contributed by atoms with Crippen molar-refractivity contribution < 1.29 is 29.2 Å². The molecule has 9 nitrogen and oxygen atoms in total. The van der Waals surface area contributed by atoms with Gasteiger partial charge in [0.15, 0.2) is 0 Å². The predicted octanol–water partition coefficient (Wildman–Crippen LogP) is 1.90. The van der Waals surface area contributed by atoms with E-state index in [1.165, 1.54) is 6.92 Å². The number of phenolic OH excluding ortho intramolecular Hbond substituents is 1. The Bertz CT molecular complexity index is 774. The van der Waals surface area contributed by atoms with Crippen molar-refractivity contribution in [1.29, 1.82) is 0 Å². The van der Waals surface area contributed by atoms with Crippen molar-refractivity contribution in [3.63, 3.8) is 0 Å². The molecule has 2 amide bonds. The summed E-state index contributed by atoms with van der Waals surface area (Å²) in [5, 5.41) is 19.9. The number of nitro benzene ring substituents is 1. The predicted molar refractivity (Wildman–Crippen MR) is 84.0 cm³/mol. The van der Waals surface area contributed by atoms with E-state index in [0.717, 1.165) is 36.3 Å². The molecule has 1 fully saturated rings. The molecule has 0 aliphatic carbocycles. The Labute approximate surface area is 140 Å². The van der Waals surface area contributed by atoms with Crippen molar-refractivity contribution in [2.75, 3.05) is 7.11 Å². The fourth-order valence-corrected chi connectivity index (χ4v) is 2.90. The highest BCUT2D eigenvalue weighted by Crippen LogP contribution is 2.35. The molecular weight excluding hydrogens is 340 g/mol. The van der Waals surface area contributed by atoms with Crippen molar-refractivity contribution >= 4 is 40.6 Å². The Morgan fingerprint density at radius 1 is 1.46 bits per heavy atom. The van der Waals surface area contributed by atoms with E-state index in [-0.39, 0.29) is 21.9 Å². The number of nitrogens with zero attached hydrogens (tertiary/aromatic N) is 2. The number of carbonyl (C=O) groups excluding carboxylic acids is 3.